The molecular weight excluding hydrogens is 228 g/mol. The summed E-state index contributed by atoms with van der Waals surface area (Å²) in [5.74, 6) is 0.748. The van der Waals surface area contributed by atoms with Crippen LogP contribution in [0.3, 0.4) is 0 Å². The van der Waals surface area contributed by atoms with Gasteiger partial charge in [0.1, 0.15) is 6.10 Å². The standard InChI is InChI=1S/C15H22O3/c1-8-4-5-11(16)15(3)7-6-10-9(2)14(17)18-13(10)12(8)15/h8,10-13,16H,2,4-7H2,1,3H3. The van der Waals surface area contributed by atoms with Gasteiger partial charge < -0.3 is 9.84 Å². The molecule has 0 aromatic heterocycles. The minimum Gasteiger partial charge on any atom is -0.458 e. The number of hydrogen-bond acceptors (Lipinski definition) is 3. The third-order valence-corrected chi connectivity index (χ3v) is 5.73. The second kappa shape index (κ2) is 3.83. The smallest absolute Gasteiger partial charge is 0.334 e. The van der Waals surface area contributed by atoms with Crippen LogP contribution in [-0.2, 0) is 9.53 Å². The predicted octanol–water partition coefficient (Wildman–Crippen LogP) is 2.29. The molecule has 0 aromatic carbocycles. The quantitative estimate of drug-likeness (QED) is 0.530. The van der Waals surface area contributed by atoms with E-state index in [9.17, 15) is 9.90 Å². The Morgan fingerprint density at radius 1 is 1.39 bits per heavy atom. The Morgan fingerprint density at radius 3 is 2.83 bits per heavy atom. The molecule has 0 bridgehead atoms. The lowest BCUT2D eigenvalue weighted by molar-refractivity contribution is -0.166. The highest BCUT2D eigenvalue weighted by Gasteiger charge is 2.58. The largest absolute Gasteiger partial charge is 0.458 e. The Bertz CT molecular complexity index is 403. The summed E-state index contributed by atoms with van der Waals surface area (Å²) in [6.07, 6.45) is 3.49. The SMILES string of the molecule is C=C1C(=O)OC2C1CCC1(C)C(O)CCC(C)C21. The fraction of sp³-hybridized carbons (Fsp3) is 0.800. The fourth-order valence-corrected chi connectivity index (χ4v) is 4.59. The lowest BCUT2D eigenvalue weighted by Gasteiger charge is -2.54. The second-order valence-corrected chi connectivity index (χ2v) is 6.64. The third kappa shape index (κ3) is 1.43. The molecule has 2 aliphatic carbocycles. The number of aliphatic hydroxyl groups is 1. The van der Waals surface area contributed by atoms with E-state index in [4.69, 9.17) is 4.74 Å². The van der Waals surface area contributed by atoms with Crippen LogP contribution in [0, 0.1) is 23.2 Å². The maximum Gasteiger partial charge on any atom is 0.334 e. The van der Waals surface area contributed by atoms with Crippen LogP contribution in [0.5, 0.6) is 0 Å². The van der Waals surface area contributed by atoms with E-state index < -0.39 is 0 Å². The first-order valence-electron chi connectivity index (χ1n) is 7.03. The van der Waals surface area contributed by atoms with E-state index in [1.165, 1.54) is 0 Å². The lowest BCUT2D eigenvalue weighted by Crippen LogP contribution is -2.55. The van der Waals surface area contributed by atoms with Crippen molar-refractivity contribution in [3.05, 3.63) is 12.2 Å². The van der Waals surface area contributed by atoms with E-state index in [1.54, 1.807) is 0 Å². The van der Waals surface area contributed by atoms with Crippen LogP contribution in [0.15, 0.2) is 12.2 Å². The zero-order chi connectivity index (χ0) is 13.1. The molecule has 1 saturated heterocycles. The van der Waals surface area contributed by atoms with E-state index >= 15 is 0 Å². The zero-order valence-corrected chi connectivity index (χ0v) is 11.2. The van der Waals surface area contributed by atoms with Crippen LogP contribution in [0.2, 0.25) is 0 Å². The fourth-order valence-electron chi connectivity index (χ4n) is 4.59. The molecule has 0 amide bonds. The third-order valence-electron chi connectivity index (χ3n) is 5.73. The molecule has 0 radical (unpaired) electrons. The molecule has 1 aliphatic heterocycles. The molecule has 18 heavy (non-hydrogen) atoms. The summed E-state index contributed by atoms with van der Waals surface area (Å²) < 4.78 is 5.58. The van der Waals surface area contributed by atoms with Crippen molar-refractivity contribution in [1.29, 1.82) is 0 Å². The highest BCUT2D eigenvalue weighted by Crippen LogP contribution is 2.57. The van der Waals surface area contributed by atoms with Gasteiger partial charge in [0.2, 0.25) is 0 Å². The number of esters is 1. The molecule has 100 valence electrons. The second-order valence-electron chi connectivity index (χ2n) is 6.64. The molecule has 3 heteroatoms. The van der Waals surface area contributed by atoms with Gasteiger partial charge in [0.25, 0.3) is 0 Å². The van der Waals surface area contributed by atoms with Crippen molar-refractivity contribution in [3.63, 3.8) is 0 Å². The van der Waals surface area contributed by atoms with E-state index in [1.807, 2.05) is 0 Å². The van der Waals surface area contributed by atoms with Gasteiger partial charge in [0.15, 0.2) is 0 Å². The molecular formula is C15H22O3. The van der Waals surface area contributed by atoms with Gasteiger partial charge in [-0.25, -0.2) is 4.79 Å². The molecule has 0 aromatic rings. The predicted molar refractivity (Wildman–Crippen MR) is 67.7 cm³/mol. The van der Waals surface area contributed by atoms with Crippen LogP contribution < -0.4 is 0 Å². The monoisotopic (exact) mass is 250 g/mol. The van der Waals surface area contributed by atoms with Gasteiger partial charge in [-0.2, -0.15) is 0 Å². The van der Waals surface area contributed by atoms with Gasteiger partial charge in [-0.3, -0.25) is 0 Å². The van der Waals surface area contributed by atoms with Gasteiger partial charge >= 0.3 is 5.97 Å². The number of hydrogen-bond donors (Lipinski definition) is 1. The Labute approximate surface area is 108 Å². The molecule has 1 N–H and O–H groups in total. The Kier molecular flexibility index (Phi) is 2.60. The van der Waals surface area contributed by atoms with Gasteiger partial charge in [-0.05, 0) is 31.6 Å². The van der Waals surface area contributed by atoms with Gasteiger partial charge in [-0.15, -0.1) is 0 Å². The van der Waals surface area contributed by atoms with Crippen LogP contribution in [-0.4, -0.2) is 23.3 Å². The Morgan fingerprint density at radius 2 is 2.11 bits per heavy atom. The maximum absolute atomic E-state index is 11.7. The number of carbonyl (C=O) groups excluding carboxylic acids is 1. The molecule has 3 fully saturated rings. The molecule has 6 atom stereocenters. The van der Waals surface area contributed by atoms with Crippen molar-refractivity contribution in [3.8, 4) is 0 Å². The highest BCUT2D eigenvalue weighted by molar-refractivity contribution is 5.90. The Balaban J connectivity index is 1.97. The molecule has 3 nitrogen and oxygen atoms in total. The normalized spacial score (nSPS) is 51.6. The van der Waals surface area contributed by atoms with E-state index in [-0.39, 0.29) is 35.4 Å². The topological polar surface area (TPSA) is 46.5 Å². The summed E-state index contributed by atoms with van der Waals surface area (Å²) in [6.45, 7) is 8.28. The van der Waals surface area contributed by atoms with E-state index in [0.29, 0.717) is 11.5 Å². The average Bonchev–Trinajstić information content (AvgIpc) is 2.60. The number of aliphatic hydroxyl groups excluding tert-OH is 1. The molecule has 3 rings (SSSR count). The Hall–Kier alpha value is -0.830. The van der Waals surface area contributed by atoms with E-state index in [2.05, 4.69) is 20.4 Å². The number of carbonyl (C=O) groups is 1. The minimum atomic E-state index is -0.257. The van der Waals surface area contributed by atoms with Crippen LogP contribution >= 0.6 is 0 Å². The number of ether oxygens (including phenoxy) is 1. The maximum atomic E-state index is 11.7. The minimum absolute atomic E-state index is 0.0475. The molecule has 6 unspecified atom stereocenters. The first-order valence-corrected chi connectivity index (χ1v) is 7.03. The molecule has 2 saturated carbocycles. The van der Waals surface area contributed by atoms with Gasteiger partial charge in [0, 0.05) is 22.8 Å². The van der Waals surface area contributed by atoms with Crippen molar-refractivity contribution in [2.45, 2.75) is 51.7 Å². The van der Waals surface area contributed by atoms with Crippen LogP contribution in [0.1, 0.15) is 39.5 Å². The van der Waals surface area contributed by atoms with Crippen molar-refractivity contribution in [2.24, 2.45) is 23.2 Å². The highest BCUT2D eigenvalue weighted by atomic mass is 16.6. The van der Waals surface area contributed by atoms with Gasteiger partial charge in [-0.1, -0.05) is 20.4 Å². The van der Waals surface area contributed by atoms with Crippen molar-refractivity contribution in [2.75, 3.05) is 0 Å². The lowest BCUT2D eigenvalue weighted by atomic mass is 9.52. The zero-order valence-electron chi connectivity index (χ0n) is 11.2. The first-order chi connectivity index (χ1) is 8.45. The summed E-state index contributed by atoms with van der Waals surface area (Å²) in [6, 6.07) is 0. The van der Waals surface area contributed by atoms with Crippen molar-refractivity contribution < 1.29 is 14.6 Å². The van der Waals surface area contributed by atoms with Crippen molar-refractivity contribution >= 4 is 5.97 Å². The summed E-state index contributed by atoms with van der Waals surface area (Å²) in [5, 5.41) is 10.4. The molecule has 0 spiro atoms. The summed E-state index contributed by atoms with van der Waals surface area (Å²) >= 11 is 0. The summed E-state index contributed by atoms with van der Waals surface area (Å²) in [7, 11) is 0. The van der Waals surface area contributed by atoms with Crippen molar-refractivity contribution in [1.82, 2.24) is 0 Å². The van der Waals surface area contributed by atoms with Crippen LogP contribution in [0.25, 0.3) is 0 Å². The van der Waals surface area contributed by atoms with Crippen LogP contribution in [0.4, 0.5) is 0 Å². The number of rotatable bonds is 0. The van der Waals surface area contributed by atoms with E-state index in [0.717, 1.165) is 25.7 Å². The molecule has 3 aliphatic rings. The molecule has 1 heterocycles. The summed E-state index contributed by atoms with van der Waals surface area (Å²) in [4.78, 5) is 11.7. The summed E-state index contributed by atoms with van der Waals surface area (Å²) in [5.41, 5.74) is 0.554. The first kappa shape index (κ1) is 12.2. The number of fused-ring (bicyclic) bond motifs is 3. The van der Waals surface area contributed by atoms with Gasteiger partial charge in [0.05, 0.1) is 6.10 Å². The average molecular weight is 250 g/mol.